The molecule has 0 unspecified atom stereocenters. The minimum atomic E-state index is -0.221. The maximum Gasteiger partial charge on any atom is 0.248 e. The van der Waals surface area contributed by atoms with Crippen LogP contribution >= 0.6 is 11.6 Å². The van der Waals surface area contributed by atoms with Crippen LogP contribution in [0.3, 0.4) is 0 Å². The van der Waals surface area contributed by atoms with E-state index in [-0.39, 0.29) is 5.91 Å². The summed E-state index contributed by atoms with van der Waals surface area (Å²) in [5.41, 5.74) is 1.49. The number of para-hydroxylation sites is 1. The summed E-state index contributed by atoms with van der Waals surface area (Å²) >= 11 is 6.18. The Morgan fingerprint density at radius 3 is 2.65 bits per heavy atom. The van der Waals surface area contributed by atoms with Gasteiger partial charge in [0.2, 0.25) is 5.91 Å². The number of rotatable bonds is 6. The molecule has 0 aliphatic heterocycles. The van der Waals surface area contributed by atoms with Crippen LogP contribution in [0.25, 0.3) is 6.08 Å². The Bertz CT molecular complexity index is 699. The number of halogens is 1. The van der Waals surface area contributed by atoms with Crippen molar-refractivity contribution in [1.29, 1.82) is 0 Å². The van der Waals surface area contributed by atoms with E-state index in [0.717, 1.165) is 11.3 Å². The van der Waals surface area contributed by atoms with Gasteiger partial charge in [-0.2, -0.15) is 0 Å². The summed E-state index contributed by atoms with van der Waals surface area (Å²) in [6.45, 7) is 2.37. The molecule has 4 nitrogen and oxygen atoms in total. The van der Waals surface area contributed by atoms with E-state index in [1.807, 2.05) is 37.3 Å². The molecule has 0 bridgehead atoms. The van der Waals surface area contributed by atoms with Crippen LogP contribution < -0.4 is 14.8 Å². The largest absolute Gasteiger partial charge is 0.491 e. The van der Waals surface area contributed by atoms with E-state index in [4.69, 9.17) is 21.1 Å². The topological polar surface area (TPSA) is 47.6 Å². The average molecular weight is 332 g/mol. The molecule has 1 N–H and O–H groups in total. The number of benzene rings is 2. The molecule has 5 heteroatoms. The highest BCUT2D eigenvalue weighted by Crippen LogP contribution is 2.36. The van der Waals surface area contributed by atoms with Crippen LogP contribution in [0.5, 0.6) is 11.5 Å². The van der Waals surface area contributed by atoms with Gasteiger partial charge in [-0.15, -0.1) is 0 Å². The predicted molar refractivity (Wildman–Crippen MR) is 93.3 cm³/mol. The molecule has 2 aromatic rings. The monoisotopic (exact) mass is 331 g/mol. The Labute approximate surface area is 140 Å². The molecule has 0 radical (unpaired) electrons. The molecule has 0 atom stereocenters. The molecule has 0 saturated heterocycles. The molecule has 2 aromatic carbocycles. The molecule has 0 spiro atoms. The summed E-state index contributed by atoms with van der Waals surface area (Å²) in [5, 5.41) is 3.21. The van der Waals surface area contributed by atoms with Crippen LogP contribution in [0.2, 0.25) is 5.02 Å². The Morgan fingerprint density at radius 1 is 1.26 bits per heavy atom. The average Bonchev–Trinajstić information content (AvgIpc) is 2.54. The number of anilines is 1. The van der Waals surface area contributed by atoms with Crippen molar-refractivity contribution >= 4 is 29.3 Å². The van der Waals surface area contributed by atoms with Crippen LogP contribution in [-0.2, 0) is 4.79 Å². The molecular formula is C18H18ClNO3. The van der Waals surface area contributed by atoms with Gasteiger partial charge >= 0.3 is 0 Å². The fourth-order valence-corrected chi connectivity index (χ4v) is 2.32. The quantitative estimate of drug-likeness (QED) is 0.798. The molecule has 0 aliphatic rings. The highest BCUT2D eigenvalue weighted by atomic mass is 35.5. The zero-order valence-electron chi connectivity index (χ0n) is 13.0. The van der Waals surface area contributed by atoms with Crippen LogP contribution in [-0.4, -0.2) is 19.6 Å². The van der Waals surface area contributed by atoms with Gasteiger partial charge < -0.3 is 14.8 Å². The number of hydrogen-bond donors (Lipinski definition) is 1. The highest BCUT2D eigenvalue weighted by Gasteiger charge is 2.10. The third-order valence-corrected chi connectivity index (χ3v) is 3.29. The summed E-state index contributed by atoms with van der Waals surface area (Å²) in [7, 11) is 1.53. The van der Waals surface area contributed by atoms with E-state index in [1.54, 1.807) is 18.2 Å². The predicted octanol–water partition coefficient (Wildman–Crippen LogP) is 4.40. The lowest BCUT2D eigenvalue weighted by molar-refractivity contribution is -0.111. The minimum Gasteiger partial charge on any atom is -0.491 e. The number of hydrogen-bond acceptors (Lipinski definition) is 3. The van der Waals surface area contributed by atoms with E-state index in [0.29, 0.717) is 23.1 Å². The van der Waals surface area contributed by atoms with Crippen molar-refractivity contribution < 1.29 is 14.3 Å². The first-order valence-corrected chi connectivity index (χ1v) is 7.56. The molecule has 2 rings (SSSR count). The van der Waals surface area contributed by atoms with Crippen molar-refractivity contribution in [1.82, 2.24) is 0 Å². The van der Waals surface area contributed by atoms with Gasteiger partial charge in [0, 0.05) is 11.8 Å². The molecule has 0 aliphatic carbocycles. The Morgan fingerprint density at radius 2 is 2.00 bits per heavy atom. The van der Waals surface area contributed by atoms with Gasteiger partial charge in [-0.3, -0.25) is 4.79 Å². The van der Waals surface area contributed by atoms with Gasteiger partial charge in [-0.05, 0) is 42.8 Å². The normalized spacial score (nSPS) is 10.6. The number of amides is 1. The first kappa shape index (κ1) is 16.9. The van der Waals surface area contributed by atoms with Gasteiger partial charge in [-0.25, -0.2) is 0 Å². The lowest BCUT2D eigenvalue weighted by atomic mass is 10.2. The van der Waals surface area contributed by atoms with Crippen molar-refractivity contribution in [3.8, 4) is 11.5 Å². The zero-order chi connectivity index (χ0) is 16.7. The summed E-state index contributed by atoms with van der Waals surface area (Å²) in [6, 6.07) is 12.7. The highest BCUT2D eigenvalue weighted by molar-refractivity contribution is 6.32. The van der Waals surface area contributed by atoms with Gasteiger partial charge in [0.25, 0.3) is 0 Å². The minimum absolute atomic E-state index is 0.221. The fourth-order valence-electron chi connectivity index (χ4n) is 2.02. The molecule has 1 amide bonds. The van der Waals surface area contributed by atoms with Crippen LogP contribution in [0.1, 0.15) is 12.5 Å². The summed E-state index contributed by atoms with van der Waals surface area (Å²) in [6.07, 6.45) is 3.12. The SMILES string of the molecule is CCOc1cc(/C=C/C(=O)Nc2ccccc2)cc(Cl)c1OC. The van der Waals surface area contributed by atoms with Crippen LogP contribution in [0.15, 0.2) is 48.5 Å². The third-order valence-electron chi connectivity index (χ3n) is 3.00. The van der Waals surface area contributed by atoms with Crippen molar-refractivity contribution in [2.75, 3.05) is 19.0 Å². The number of carbonyl (C=O) groups is 1. The molecule has 0 saturated carbocycles. The van der Waals surface area contributed by atoms with E-state index in [1.165, 1.54) is 13.2 Å². The molecule has 0 aromatic heterocycles. The van der Waals surface area contributed by atoms with Gasteiger partial charge in [0.1, 0.15) is 0 Å². The van der Waals surface area contributed by atoms with Crippen LogP contribution in [0, 0.1) is 0 Å². The van der Waals surface area contributed by atoms with Crippen LogP contribution in [0.4, 0.5) is 5.69 Å². The molecule has 120 valence electrons. The van der Waals surface area contributed by atoms with Gasteiger partial charge in [-0.1, -0.05) is 29.8 Å². The second kappa shape index (κ2) is 8.25. The van der Waals surface area contributed by atoms with E-state index in [2.05, 4.69) is 5.32 Å². The van der Waals surface area contributed by atoms with E-state index in [9.17, 15) is 4.79 Å². The van der Waals surface area contributed by atoms with Gasteiger partial charge in [0.15, 0.2) is 11.5 Å². The van der Waals surface area contributed by atoms with Crippen molar-refractivity contribution in [2.45, 2.75) is 6.92 Å². The second-order valence-electron chi connectivity index (χ2n) is 4.66. The third kappa shape index (κ3) is 4.76. The van der Waals surface area contributed by atoms with E-state index >= 15 is 0 Å². The summed E-state index contributed by atoms with van der Waals surface area (Å²) in [4.78, 5) is 11.9. The maximum absolute atomic E-state index is 11.9. The summed E-state index contributed by atoms with van der Waals surface area (Å²) in [5.74, 6) is 0.811. The standard InChI is InChI=1S/C18H18ClNO3/c1-3-23-16-12-13(11-15(19)18(16)22-2)9-10-17(21)20-14-7-5-4-6-8-14/h4-12H,3H2,1-2H3,(H,20,21)/b10-9+. The van der Waals surface area contributed by atoms with Gasteiger partial charge in [0.05, 0.1) is 18.7 Å². The fraction of sp³-hybridized carbons (Fsp3) is 0.167. The first-order chi connectivity index (χ1) is 11.1. The number of methoxy groups -OCH3 is 1. The Kier molecular flexibility index (Phi) is 6.06. The maximum atomic E-state index is 11.9. The zero-order valence-corrected chi connectivity index (χ0v) is 13.8. The van der Waals surface area contributed by atoms with Crippen molar-refractivity contribution in [3.05, 3.63) is 59.1 Å². The smallest absolute Gasteiger partial charge is 0.248 e. The molecular weight excluding hydrogens is 314 g/mol. The molecule has 0 heterocycles. The molecule has 23 heavy (non-hydrogen) atoms. The first-order valence-electron chi connectivity index (χ1n) is 7.18. The Balaban J connectivity index is 2.14. The van der Waals surface area contributed by atoms with E-state index < -0.39 is 0 Å². The molecule has 0 fully saturated rings. The summed E-state index contributed by atoms with van der Waals surface area (Å²) < 4.78 is 10.7. The lowest BCUT2D eigenvalue weighted by Gasteiger charge is -2.11. The van der Waals surface area contributed by atoms with Crippen molar-refractivity contribution in [2.24, 2.45) is 0 Å². The Hall–Kier alpha value is -2.46. The number of ether oxygens (including phenoxy) is 2. The number of nitrogens with one attached hydrogen (secondary N) is 1. The van der Waals surface area contributed by atoms with Crippen molar-refractivity contribution in [3.63, 3.8) is 0 Å². The lowest BCUT2D eigenvalue weighted by Crippen LogP contribution is -2.07. The number of carbonyl (C=O) groups excluding carboxylic acids is 1. The second-order valence-corrected chi connectivity index (χ2v) is 5.06.